The fourth-order valence-electron chi connectivity index (χ4n) is 3.41. The summed E-state index contributed by atoms with van der Waals surface area (Å²) in [4.78, 5) is 33.7. The van der Waals surface area contributed by atoms with Gasteiger partial charge in [0.1, 0.15) is 12.2 Å². The number of esters is 2. The standard InChI is InChI=1S/C25H49O10P/c1-3-5-7-9-10-11-13-15-17-25(29)35-23(19-27)21-33-36(30,31)32-20-22(18-26)34-24(28)16-14-12-8-6-4-2/h22-23,26-27H,3-21H2,1-2H3,(H,30,31). The van der Waals surface area contributed by atoms with Crippen LogP contribution in [0.3, 0.4) is 0 Å². The van der Waals surface area contributed by atoms with Gasteiger partial charge in [-0.3, -0.25) is 18.6 Å². The van der Waals surface area contributed by atoms with E-state index in [9.17, 15) is 29.3 Å². The molecule has 3 unspecified atom stereocenters. The monoisotopic (exact) mass is 540 g/mol. The van der Waals surface area contributed by atoms with Crippen LogP contribution in [-0.2, 0) is 32.7 Å². The first-order valence-corrected chi connectivity index (χ1v) is 15.0. The normalized spacial score (nSPS) is 14.7. The molecule has 3 atom stereocenters. The number of ether oxygens (including phenoxy) is 2. The molecule has 0 heterocycles. The van der Waals surface area contributed by atoms with Gasteiger partial charge < -0.3 is 24.6 Å². The van der Waals surface area contributed by atoms with Crippen molar-refractivity contribution in [2.75, 3.05) is 26.4 Å². The van der Waals surface area contributed by atoms with E-state index in [-0.39, 0.29) is 12.8 Å². The fourth-order valence-corrected chi connectivity index (χ4v) is 4.19. The van der Waals surface area contributed by atoms with Gasteiger partial charge in [-0.05, 0) is 12.8 Å². The van der Waals surface area contributed by atoms with Gasteiger partial charge in [0.25, 0.3) is 0 Å². The maximum absolute atomic E-state index is 12.1. The number of carbonyl (C=O) groups is 2. The second-order valence-corrected chi connectivity index (χ2v) is 10.5. The van der Waals surface area contributed by atoms with E-state index < -0.39 is 58.4 Å². The molecule has 0 bridgehead atoms. The summed E-state index contributed by atoms with van der Waals surface area (Å²) in [6.07, 6.45) is 11.6. The lowest BCUT2D eigenvalue weighted by molar-refractivity contribution is -0.153. The second kappa shape index (κ2) is 23.1. The molecule has 0 aliphatic rings. The van der Waals surface area contributed by atoms with E-state index in [1.165, 1.54) is 25.7 Å². The van der Waals surface area contributed by atoms with Crippen LogP contribution >= 0.6 is 7.82 Å². The smallest absolute Gasteiger partial charge is 0.457 e. The second-order valence-electron chi connectivity index (χ2n) is 9.04. The van der Waals surface area contributed by atoms with Crippen molar-refractivity contribution in [3.63, 3.8) is 0 Å². The van der Waals surface area contributed by atoms with Gasteiger partial charge in [0.15, 0.2) is 0 Å². The Balaban J connectivity index is 4.16. The van der Waals surface area contributed by atoms with Crippen LogP contribution in [0.2, 0.25) is 0 Å². The summed E-state index contributed by atoms with van der Waals surface area (Å²) in [7, 11) is -4.59. The number of hydrogen-bond acceptors (Lipinski definition) is 9. The van der Waals surface area contributed by atoms with Crippen LogP contribution in [0.15, 0.2) is 0 Å². The lowest BCUT2D eigenvalue weighted by atomic mass is 10.1. The van der Waals surface area contributed by atoms with Crippen molar-refractivity contribution >= 4 is 19.8 Å². The third kappa shape index (κ3) is 21.1. The van der Waals surface area contributed by atoms with Crippen LogP contribution in [0.1, 0.15) is 110 Å². The molecule has 0 aromatic carbocycles. The maximum Gasteiger partial charge on any atom is 0.472 e. The van der Waals surface area contributed by atoms with Crippen molar-refractivity contribution in [1.82, 2.24) is 0 Å². The largest absolute Gasteiger partial charge is 0.472 e. The number of hydrogen-bond donors (Lipinski definition) is 3. The number of aliphatic hydroxyl groups excluding tert-OH is 2. The Kier molecular flexibility index (Phi) is 22.5. The Morgan fingerprint density at radius 2 is 0.972 bits per heavy atom. The van der Waals surface area contributed by atoms with E-state index in [4.69, 9.17) is 18.5 Å². The maximum atomic E-state index is 12.1. The van der Waals surface area contributed by atoms with E-state index >= 15 is 0 Å². The molecule has 214 valence electrons. The summed E-state index contributed by atoms with van der Waals surface area (Å²) >= 11 is 0. The topological polar surface area (TPSA) is 149 Å². The van der Waals surface area contributed by atoms with Crippen LogP contribution in [0, 0.1) is 0 Å². The Labute approximate surface area is 216 Å². The minimum absolute atomic E-state index is 0.190. The van der Waals surface area contributed by atoms with Gasteiger partial charge in [-0.15, -0.1) is 0 Å². The fraction of sp³-hybridized carbons (Fsp3) is 0.920. The van der Waals surface area contributed by atoms with Gasteiger partial charge in [-0.25, -0.2) is 4.57 Å². The summed E-state index contributed by atoms with van der Waals surface area (Å²) < 4.78 is 31.9. The zero-order valence-electron chi connectivity index (χ0n) is 22.2. The molecule has 0 amide bonds. The highest BCUT2D eigenvalue weighted by Gasteiger charge is 2.27. The molecule has 0 aliphatic carbocycles. The first kappa shape index (κ1) is 35.0. The van der Waals surface area contributed by atoms with Crippen molar-refractivity contribution in [3.8, 4) is 0 Å². The van der Waals surface area contributed by atoms with Crippen molar-refractivity contribution in [1.29, 1.82) is 0 Å². The molecule has 0 radical (unpaired) electrons. The molecule has 0 spiro atoms. The minimum atomic E-state index is -4.59. The van der Waals surface area contributed by atoms with Crippen LogP contribution < -0.4 is 0 Å². The van der Waals surface area contributed by atoms with Crippen molar-refractivity contribution < 1.29 is 47.8 Å². The first-order valence-electron chi connectivity index (χ1n) is 13.5. The zero-order valence-corrected chi connectivity index (χ0v) is 23.1. The van der Waals surface area contributed by atoms with Gasteiger partial charge in [0.05, 0.1) is 26.4 Å². The first-order chi connectivity index (χ1) is 17.3. The van der Waals surface area contributed by atoms with Gasteiger partial charge in [-0.2, -0.15) is 0 Å². The Hall–Kier alpha value is -1.03. The number of unbranched alkanes of at least 4 members (excludes halogenated alkanes) is 11. The predicted molar refractivity (Wildman–Crippen MR) is 136 cm³/mol. The van der Waals surface area contributed by atoms with E-state index in [1.54, 1.807) is 0 Å². The molecule has 0 fully saturated rings. The number of aliphatic hydroxyl groups is 2. The molecule has 36 heavy (non-hydrogen) atoms. The van der Waals surface area contributed by atoms with E-state index in [1.807, 2.05) is 0 Å². The summed E-state index contributed by atoms with van der Waals surface area (Å²) in [6.45, 7) is 2.00. The molecule has 0 saturated heterocycles. The molecule has 10 nitrogen and oxygen atoms in total. The number of phosphoric acid groups is 1. The summed E-state index contributed by atoms with van der Waals surface area (Å²) in [6, 6.07) is 0. The van der Waals surface area contributed by atoms with Gasteiger partial charge in [-0.1, -0.05) is 84.5 Å². The van der Waals surface area contributed by atoms with Crippen LogP contribution in [0.25, 0.3) is 0 Å². The zero-order chi connectivity index (χ0) is 27.1. The van der Waals surface area contributed by atoms with Crippen LogP contribution in [-0.4, -0.2) is 65.7 Å². The Morgan fingerprint density at radius 3 is 1.31 bits per heavy atom. The van der Waals surface area contributed by atoms with Crippen molar-refractivity contribution in [2.24, 2.45) is 0 Å². The molecule has 11 heteroatoms. The number of phosphoric ester groups is 1. The van der Waals surface area contributed by atoms with Gasteiger partial charge in [0, 0.05) is 12.8 Å². The molecule has 0 rings (SSSR count). The Morgan fingerprint density at radius 1 is 0.639 bits per heavy atom. The molecular formula is C25H49O10P. The molecule has 0 saturated carbocycles. The van der Waals surface area contributed by atoms with Crippen molar-refractivity contribution in [3.05, 3.63) is 0 Å². The van der Waals surface area contributed by atoms with E-state index in [2.05, 4.69) is 13.8 Å². The molecular weight excluding hydrogens is 491 g/mol. The number of rotatable bonds is 25. The van der Waals surface area contributed by atoms with E-state index in [0.29, 0.717) is 12.8 Å². The van der Waals surface area contributed by atoms with Crippen molar-refractivity contribution in [2.45, 2.75) is 122 Å². The highest BCUT2D eigenvalue weighted by molar-refractivity contribution is 7.47. The van der Waals surface area contributed by atoms with E-state index in [0.717, 1.165) is 44.9 Å². The van der Waals surface area contributed by atoms with Gasteiger partial charge in [0.2, 0.25) is 0 Å². The quantitative estimate of drug-likeness (QED) is 0.0836. The number of carbonyl (C=O) groups excluding carboxylic acids is 2. The summed E-state index contributed by atoms with van der Waals surface area (Å²) in [5.41, 5.74) is 0. The summed E-state index contributed by atoms with van der Waals surface area (Å²) in [5, 5.41) is 18.8. The van der Waals surface area contributed by atoms with Gasteiger partial charge >= 0.3 is 19.8 Å². The third-order valence-electron chi connectivity index (χ3n) is 5.57. The highest BCUT2D eigenvalue weighted by Crippen LogP contribution is 2.43. The third-order valence-corrected chi connectivity index (χ3v) is 6.52. The molecule has 0 aromatic rings. The minimum Gasteiger partial charge on any atom is -0.457 e. The highest BCUT2D eigenvalue weighted by atomic mass is 31.2. The average Bonchev–Trinajstić information content (AvgIpc) is 2.85. The molecule has 0 aromatic heterocycles. The van der Waals surface area contributed by atoms with Crippen LogP contribution in [0.5, 0.6) is 0 Å². The lowest BCUT2D eigenvalue weighted by Crippen LogP contribution is -2.28. The lowest BCUT2D eigenvalue weighted by Gasteiger charge is -2.20. The molecule has 0 aliphatic heterocycles. The van der Waals surface area contributed by atoms with Crippen LogP contribution in [0.4, 0.5) is 0 Å². The molecule has 3 N–H and O–H groups in total. The summed E-state index contributed by atoms with van der Waals surface area (Å²) in [5.74, 6) is -1.04. The Bertz CT molecular complexity index is 601. The predicted octanol–water partition coefficient (Wildman–Crippen LogP) is 4.82. The SMILES string of the molecule is CCCCCCCCCCC(=O)OC(CO)COP(=O)(O)OCC(CO)OC(=O)CCCCCCC. The average molecular weight is 541 g/mol.